The number of rotatable bonds is 12. The number of hydrogen-bond donors (Lipinski definition) is 3. The number of halogens is 1. The van der Waals surface area contributed by atoms with Gasteiger partial charge in [-0.3, -0.25) is 4.79 Å². The van der Waals surface area contributed by atoms with Crippen LogP contribution in [0.25, 0.3) is 0 Å². The van der Waals surface area contributed by atoms with Crippen molar-refractivity contribution in [1.29, 1.82) is 0 Å². The van der Waals surface area contributed by atoms with Crippen molar-refractivity contribution in [3.05, 3.63) is 53.5 Å². The fraction of sp³-hybridized carbons (Fsp3) is 0.455. The second-order valence-corrected chi connectivity index (χ2v) is 6.71. The van der Waals surface area contributed by atoms with Gasteiger partial charge in [-0.2, -0.15) is 0 Å². The Kier molecular flexibility index (Phi) is 13.4. The first-order chi connectivity index (χ1) is 14.6. The molecule has 1 aromatic heterocycles. The highest BCUT2D eigenvalue weighted by atomic mass is 127. The zero-order chi connectivity index (χ0) is 21.6. The third-order valence-corrected chi connectivity index (χ3v) is 4.18. The lowest BCUT2D eigenvalue weighted by atomic mass is 10.1. The number of aliphatic imine (C=N–C) groups is 1. The second-order valence-electron chi connectivity index (χ2n) is 6.71. The zero-order valence-corrected chi connectivity index (χ0v) is 20.7. The number of hydrogen-bond acceptors (Lipinski definition) is 5. The maximum Gasteiger partial charge on any atom is 0.239 e. The number of methoxy groups -OCH3 is 1. The minimum Gasteiger partial charge on any atom is -0.493 e. The molecule has 0 saturated carbocycles. The number of carbonyl (C=O) groups excluding carboxylic acids is 1. The van der Waals surface area contributed by atoms with Gasteiger partial charge in [-0.1, -0.05) is 12.1 Å². The summed E-state index contributed by atoms with van der Waals surface area (Å²) in [5.74, 6) is 1.95. The molecule has 0 aliphatic heterocycles. The molecule has 31 heavy (non-hydrogen) atoms. The van der Waals surface area contributed by atoms with Gasteiger partial charge in [0.25, 0.3) is 0 Å². The molecule has 0 unspecified atom stereocenters. The Hall–Kier alpha value is -2.27. The molecule has 0 saturated heterocycles. The molecule has 0 atom stereocenters. The maximum atomic E-state index is 12.1. The third kappa shape index (κ3) is 10.5. The number of nitrogens with one attached hydrogen (secondary N) is 3. The average Bonchev–Trinajstić information content (AvgIpc) is 3.26. The molecule has 3 N–H and O–H groups in total. The van der Waals surface area contributed by atoms with Crippen molar-refractivity contribution in [2.24, 2.45) is 4.99 Å². The van der Waals surface area contributed by atoms with Gasteiger partial charge in [-0.05, 0) is 37.6 Å². The van der Waals surface area contributed by atoms with Gasteiger partial charge >= 0.3 is 0 Å². The first-order valence-electron chi connectivity index (χ1n) is 10.1. The normalized spacial score (nSPS) is 10.9. The van der Waals surface area contributed by atoms with Crippen LogP contribution in [0.1, 0.15) is 30.2 Å². The average molecular weight is 544 g/mol. The summed E-state index contributed by atoms with van der Waals surface area (Å²) < 4.78 is 16.2. The van der Waals surface area contributed by atoms with Crippen molar-refractivity contribution in [1.82, 2.24) is 16.0 Å². The zero-order valence-electron chi connectivity index (χ0n) is 18.4. The number of ether oxygens (including phenoxy) is 2. The van der Waals surface area contributed by atoms with E-state index in [1.54, 1.807) is 19.4 Å². The Morgan fingerprint density at radius 2 is 2.00 bits per heavy atom. The molecule has 0 aliphatic carbocycles. The van der Waals surface area contributed by atoms with Gasteiger partial charge < -0.3 is 29.8 Å². The van der Waals surface area contributed by atoms with E-state index in [9.17, 15) is 4.79 Å². The molecular formula is C22H33IN4O4. The highest BCUT2D eigenvalue weighted by molar-refractivity contribution is 14.0. The van der Waals surface area contributed by atoms with Crippen LogP contribution >= 0.6 is 24.0 Å². The fourth-order valence-electron chi connectivity index (χ4n) is 2.64. The molecule has 8 nitrogen and oxygen atoms in total. The topological polar surface area (TPSA) is 97.1 Å². The first-order valence-corrected chi connectivity index (χ1v) is 10.1. The number of nitrogens with zero attached hydrogens (tertiary/aromatic N) is 1. The lowest BCUT2D eigenvalue weighted by Crippen LogP contribution is -2.43. The Labute approximate surface area is 201 Å². The number of aryl methyl sites for hydroxylation is 1. The van der Waals surface area contributed by atoms with E-state index in [0.29, 0.717) is 44.6 Å². The molecule has 2 rings (SSSR count). The highest BCUT2D eigenvalue weighted by Crippen LogP contribution is 2.21. The number of carbonyl (C=O) groups is 1. The van der Waals surface area contributed by atoms with Crippen LogP contribution < -0.4 is 20.7 Å². The molecule has 0 aliphatic rings. The van der Waals surface area contributed by atoms with Crippen molar-refractivity contribution < 1.29 is 18.7 Å². The van der Waals surface area contributed by atoms with Crippen LogP contribution in [-0.4, -0.2) is 45.3 Å². The summed E-state index contributed by atoms with van der Waals surface area (Å²) in [6.45, 7) is 6.84. The van der Waals surface area contributed by atoms with Crippen LogP contribution in [0.4, 0.5) is 0 Å². The van der Waals surface area contributed by atoms with Crippen LogP contribution in [0, 0.1) is 6.92 Å². The summed E-state index contributed by atoms with van der Waals surface area (Å²) >= 11 is 0. The van der Waals surface area contributed by atoms with Crippen LogP contribution in [0.2, 0.25) is 0 Å². The molecule has 0 radical (unpaired) electrons. The summed E-state index contributed by atoms with van der Waals surface area (Å²) in [4.78, 5) is 16.6. The van der Waals surface area contributed by atoms with Gasteiger partial charge in [0.15, 0.2) is 5.96 Å². The fourth-order valence-corrected chi connectivity index (χ4v) is 2.64. The molecule has 2 aromatic rings. The van der Waals surface area contributed by atoms with Crippen LogP contribution in [0.5, 0.6) is 5.75 Å². The van der Waals surface area contributed by atoms with E-state index in [0.717, 1.165) is 23.3 Å². The maximum absolute atomic E-state index is 12.1. The number of benzene rings is 1. The second kappa shape index (κ2) is 15.5. The van der Waals surface area contributed by atoms with E-state index in [1.807, 2.05) is 38.1 Å². The van der Waals surface area contributed by atoms with Crippen LogP contribution in [0.3, 0.4) is 0 Å². The van der Waals surface area contributed by atoms with Crippen LogP contribution in [-0.2, 0) is 22.6 Å². The molecule has 1 amide bonds. The first kappa shape index (κ1) is 26.8. The van der Waals surface area contributed by atoms with Gasteiger partial charge in [0.1, 0.15) is 11.5 Å². The Balaban J connectivity index is 0.00000480. The van der Waals surface area contributed by atoms with E-state index in [-0.39, 0.29) is 36.4 Å². The lowest BCUT2D eigenvalue weighted by molar-refractivity contribution is -0.120. The minimum atomic E-state index is -0.144. The van der Waals surface area contributed by atoms with Crippen molar-refractivity contribution in [2.75, 3.05) is 33.4 Å². The predicted molar refractivity (Wildman–Crippen MR) is 132 cm³/mol. The van der Waals surface area contributed by atoms with Gasteiger partial charge in [0.2, 0.25) is 5.91 Å². The number of furan rings is 1. The van der Waals surface area contributed by atoms with Gasteiger partial charge in [-0.25, -0.2) is 4.99 Å². The summed E-state index contributed by atoms with van der Waals surface area (Å²) in [7, 11) is 1.68. The largest absolute Gasteiger partial charge is 0.493 e. The van der Waals surface area contributed by atoms with E-state index < -0.39 is 0 Å². The summed E-state index contributed by atoms with van der Waals surface area (Å²) in [6, 6.07) is 9.67. The molecule has 0 spiro atoms. The summed E-state index contributed by atoms with van der Waals surface area (Å²) in [6.07, 6.45) is 2.40. The summed E-state index contributed by atoms with van der Waals surface area (Å²) in [5, 5.41) is 9.00. The summed E-state index contributed by atoms with van der Waals surface area (Å²) in [5.41, 5.74) is 2.11. The Bertz CT molecular complexity index is 797. The Morgan fingerprint density at radius 3 is 2.71 bits per heavy atom. The lowest BCUT2D eigenvalue weighted by Gasteiger charge is -2.13. The van der Waals surface area contributed by atoms with Crippen molar-refractivity contribution in [3.63, 3.8) is 0 Å². The SMILES string of the molecule is CCNC(=NCc1ccc(C)cc1OCCCOC)NCC(=O)NCc1ccco1.I. The molecule has 9 heteroatoms. The molecule has 1 aromatic carbocycles. The molecular weight excluding hydrogens is 511 g/mol. The number of guanidine groups is 1. The standard InChI is InChI=1S/C22H32N4O4.HI/c1-4-23-22(26-16-21(27)24-15-19-7-5-11-29-19)25-14-18-9-8-17(2)13-20(18)30-12-6-10-28-3;/h5,7-9,11,13H,4,6,10,12,14-16H2,1-3H3,(H,24,27)(H2,23,25,26);1H. The quantitative estimate of drug-likeness (QED) is 0.165. The van der Waals surface area contributed by atoms with Crippen molar-refractivity contribution >= 4 is 35.8 Å². The molecule has 0 fully saturated rings. The van der Waals surface area contributed by atoms with Gasteiger partial charge in [0.05, 0.1) is 32.5 Å². The van der Waals surface area contributed by atoms with E-state index >= 15 is 0 Å². The monoisotopic (exact) mass is 544 g/mol. The van der Waals surface area contributed by atoms with Gasteiger partial charge in [0, 0.05) is 32.2 Å². The predicted octanol–water partition coefficient (Wildman–Crippen LogP) is 2.99. The van der Waals surface area contributed by atoms with E-state index in [4.69, 9.17) is 13.9 Å². The Morgan fingerprint density at radius 1 is 1.16 bits per heavy atom. The smallest absolute Gasteiger partial charge is 0.239 e. The van der Waals surface area contributed by atoms with Gasteiger partial charge in [-0.15, -0.1) is 24.0 Å². The van der Waals surface area contributed by atoms with E-state index in [1.165, 1.54) is 0 Å². The van der Waals surface area contributed by atoms with E-state index in [2.05, 4.69) is 20.9 Å². The molecule has 0 bridgehead atoms. The minimum absolute atomic E-state index is 0. The third-order valence-electron chi connectivity index (χ3n) is 4.18. The molecule has 172 valence electrons. The van der Waals surface area contributed by atoms with Crippen molar-refractivity contribution in [3.8, 4) is 5.75 Å². The van der Waals surface area contributed by atoms with Crippen LogP contribution in [0.15, 0.2) is 46.0 Å². The highest BCUT2D eigenvalue weighted by Gasteiger charge is 2.07. The number of amides is 1. The molecule has 1 heterocycles. The van der Waals surface area contributed by atoms with Crippen molar-refractivity contribution in [2.45, 2.75) is 33.4 Å².